The van der Waals surface area contributed by atoms with Crippen LogP contribution in [0.1, 0.15) is 49.4 Å². The van der Waals surface area contributed by atoms with Crippen LogP contribution >= 0.6 is 0 Å². The number of nitro groups is 1. The van der Waals surface area contributed by atoms with E-state index < -0.39 is 4.92 Å². The normalized spacial score (nSPS) is 13.6. The highest BCUT2D eigenvalue weighted by atomic mass is 16.6. The number of non-ortho nitro benzene ring substituents is 1. The molecule has 0 radical (unpaired) electrons. The Balaban J connectivity index is 1.41. The highest BCUT2D eigenvalue weighted by Crippen LogP contribution is 2.21. The number of piperazine rings is 1. The predicted molar refractivity (Wildman–Crippen MR) is 127 cm³/mol. The number of anilines is 1. The molecule has 0 atom stereocenters. The van der Waals surface area contributed by atoms with Crippen LogP contribution in [0.4, 0.5) is 11.4 Å². The van der Waals surface area contributed by atoms with E-state index in [0.717, 1.165) is 30.7 Å². The Kier molecular flexibility index (Phi) is 8.80. The van der Waals surface area contributed by atoms with Crippen LogP contribution in [0.2, 0.25) is 0 Å². The first kappa shape index (κ1) is 24.2. The summed E-state index contributed by atoms with van der Waals surface area (Å²) in [6.45, 7) is 5.25. The molecule has 1 aliphatic rings. The van der Waals surface area contributed by atoms with Crippen LogP contribution in [0.5, 0.6) is 5.75 Å². The van der Waals surface area contributed by atoms with Crippen molar-refractivity contribution in [3.8, 4) is 5.75 Å². The van der Waals surface area contributed by atoms with Gasteiger partial charge in [-0.3, -0.25) is 19.7 Å². The van der Waals surface area contributed by atoms with Crippen molar-refractivity contribution in [2.75, 3.05) is 37.7 Å². The van der Waals surface area contributed by atoms with Crippen LogP contribution < -0.4 is 9.64 Å². The second-order valence-corrected chi connectivity index (χ2v) is 8.14. The summed E-state index contributed by atoms with van der Waals surface area (Å²) in [5, 5.41) is 10.8. The van der Waals surface area contributed by atoms with E-state index in [0.29, 0.717) is 38.3 Å². The van der Waals surface area contributed by atoms with Crippen molar-refractivity contribution in [3.05, 3.63) is 64.2 Å². The molecular weight excluding hydrogens is 422 g/mol. The zero-order chi connectivity index (χ0) is 23.6. The number of carbonyl (C=O) groups excluding carboxylic acids is 2. The molecule has 3 rings (SSSR count). The van der Waals surface area contributed by atoms with Gasteiger partial charge in [0, 0.05) is 62.4 Å². The van der Waals surface area contributed by atoms with Crippen LogP contribution in [-0.2, 0) is 4.79 Å². The molecule has 1 aliphatic heterocycles. The molecule has 0 N–H and O–H groups in total. The monoisotopic (exact) mass is 453 g/mol. The van der Waals surface area contributed by atoms with Gasteiger partial charge in [-0.05, 0) is 42.8 Å². The highest BCUT2D eigenvalue weighted by Gasteiger charge is 2.22. The number of amides is 1. The number of hydrogen-bond donors (Lipinski definition) is 0. The van der Waals surface area contributed by atoms with Gasteiger partial charge in [-0.15, -0.1) is 0 Å². The lowest BCUT2D eigenvalue weighted by Gasteiger charge is -2.36. The third-order valence-corrected chi connectivity index (χ3v) is 5.82. The maximum absolute atomic E-state index is 12.6. The molecule has 2 aromatic rings. The van der Waals surface area contributed by atoms with Crippen molar-refractivity contribution in [1.29, 1.82) is 0 Å². The van der Waals surface area contributed by atoms with E-state index in [1.54, 1.807) is 41.3 Å². The van der Waals surface area contributed by atoms with Crippen molar-refractivity contribution in [2.24, 2.45) is 0 Å². The Morgan fingerprint density at radius 3 is 2.21 bits per heavy atom. The van der Waals surface area contributed by atoms with Gasteiger partial charge in [0.2, 0.25) is 5.91 Å². The molecule has 2 aromatic carbocycles. The number of ketones is 1. The lowest BCUT2D eigenvalue weighted by atomic mass is 10.1. The molecule has 176 valence electrons. The molecule has 0 saturated carbocycles. The first-order chi connectivity index (χ1) is 16.0. The third kappa shape index (κ3) is 7.03. The summed E-state index contributed by atoms with van der Waals surface area (Å²) in [6, 6.07) is 13.6. The summed E-state index contributed by atoms with van der Waals surface area (Å²) in [4.78, 5) is 39.3. The number of nitrogens with zero attached hydrogens (tertiary/aromatic N) is 3. The Labute approximate surface area is 194 Å². The average Bonchev–Trinajstić information content (AvgIpc) is 2.85. The topological polar surface area (TPSA) is 93.0 Å². The zero-order valence-electron chi connectivity index (χ0n) is 19.1. The molecule has 1 saturated heterocycles. The second-order valence-electron chi connectivity index (χ2n) is 8.14. The molecule has 0 aromatic heterocycles. The van der Waals surface area contributed by atoms with Crippen LogP contribution in [0.25, 0.3) is 0 Å². The Bertz CT molecular complexity index is 936. The summed E-state index contributed by atoms with van der Waals surface area (Å²) in [5.41, 5.74) is 1.55. The molecule has 1 amide bonds. The number of hydrogen-bond acceptors (Lipinski definition) is 6. The number of carbonyl (C=O) groups is 2. The standard InChI is InChI=1S/C25H31N3O5/c1-2-3-4-19-33-23-11-5-20(6-12-23)24(29)13-14-25(30)27-17-15-26(16-18-27)21-7-9-22(10-8-21)28(31)32/h5-12H,2-4,13-19H2,1H3. The van der Waals surface area contributed by atoms with Crippen molar-refractivity contribution < 1.29 is 19.2 Å². The van der Waals surface area contributed by atoms with E-state index in [-0.39, 0.29) is 30.2 Å². The quantitative estimate of drug-likeness (QED) is 0.216. The van der Waals surface area contributed by atoms with Gasteiger partial charge in [-0.1, -0.05) is 19.8 Å². The van der Waals surface area contributed by atoms with Gasteiger partial charge < -0.3 is 14.5 Å². The largest absolute Gasteiger partial charge is 0.494 e. The summed E-state index contributed by atoms with van der Waals surface area (Å²) in [7, 11) is 0. The van der Waals surface area contributed by atoms with E-state index in [2.05, 4.69) is 11.8 Å². The number of benzene rings is 2. The summed E-state index contributed by atoms with van der Waals surface area (Å²) in [5.74, 6) is 0.678. The van der Waals surface area contributed by atoms with E-state index in [4.69, 9.17) is 4.74 Å². The summed E-state index contributed by atoms with van der Waals surface area (Å²) >= 11 is 0. The molecule has 0 aliphatic carbocycles. The smallest absolute Gasteiger partial charge is 0.269 e. The van der Waals surface area contributed by atoms with Gasteiger partial charge >= 0.3 is 0 Å². The molecule has 1 heterocycles. The molecular formula is C25H31N3O5. The fraction of sp³-hybridized carbons (Fsp3) is 0.440. The van der Waals surface area contributed by atoms with Crippen LogP contribution in [0, 0.1) is 10.1 Å². The fourth-order valence-electron chi connectivity index (χ4n) is 3.80. The van der Waals surface area contributed by atoms with E-state index in [1.807, 2.05) is 0 Å². The van der Waals surface area contributed by atoms with Crippen molar-refractivity contribution >= 4 is 23.1 Å². The van der Waals surface area contributed by atoms with Crippen molar-refractivity contribution in [3.63, 3.8) is 0 Å². The van der Waals surface area contributed by atoms with E-state index in [9.17, 15) is 19.7 Å². The van der Waals surface area contributed by atoms with Crippen LogP contribution in [0.15, 0.2) is 48.5 Å². The Morgan fingerprint density at radius 2 is 1.61 bits per heavy atom. The molecule has 8 nitrogen and oxygen atoms in total. The number of ether oxygens (including phenoxy) is 1. The first-order valence-corrected chi connectivity index (χ1v) is 11.5. The molecule has 0 bridgehead atoms. The average molecular weight is 454 g/mol. The van der Waals surface area contributed by atoms with E-state index >= 15 is 0 Å². The molecule has 1 fully saturated rings. The van der Waals surface area contributed by atoms with Crippen LogP contribution in [0.3, 0.4) is 0 Å². The predicted octanol–water partition coefficient (Wildman–Crippen LogP) is 4.48. The van der Waals surface area contributed by atoms with Crippen molar-refractivity contribution in [1.82, 2.24) is 4.90 Å². The van der Waals surface area contributed by atoms with Gasteiger partial charge in [-0.25, -0.2) is 0 Å². The van der Waals surface area contributed by atoms with Gasteiger partial charge in [0.25, 0.3) is 5.69 Å². The number of Topliss-reactive ketones (excluding diaryl/α,β-unsaturated/α-hetero) is 1. The lowest BCUT2D eigenvalue weighted by molar-refractivity contribution is -0.384. The second kappa shape index (κ2) is 12.0. The van der Waals surface area contributed by atoms with Gasteiger partial charge in [-0.2, -0.15) is 0 Å². The molecule has 0 spiro atoms. The number of unbranched alkanes of at least 4 members (excludes halogenated alkanes) is 2. The SMILES string of the molecule is CCCCCOc1ccc(C(=O)CCC(=O)N2CCN(c3ccc([N+](=O)[O-])cc3)CC2)cc1. The van der Waals surface area contributed by atoms with E-state index in [1.165, 1.54) is 12.1 Å². The minimum atomic E-state index is -0.418. The first-order valence-electron chi connectivity index (χ1n) is 11.5. The van der Waals surface area contributed by atoms with Gasteiger partial charge in [0.05, 0.1) is 11.5 Å². The maximum atomic E-state index is 12.6. The molecule has 33 heavy (non-hydrogen) atoms. The van der Waals surface area contributed by atoms with Gasteiger partial charge in [0.1, 0.15) is 5.75 Å². The number of rotatable bonds is 11. The fourth-order valence-corrected chi connectivity index (χ4v) is 3.80. The highest BCUT2D eigenvalue weighted by molar-refractivity contribution is 5.98. The summed E-state index contributed by atoms with van der Waals surface area (Å²) < 4.78 is 5.67. The minimum absolute atomic E-state index is 0.0254. The maximum Gasteiger partial charge on any atom is 0.269 e. The Morgan fingerprint density at radius 1 is 0.939 bits per heavy atom. The minimum Gasteiger partial charge on any atom is -0.494 e. The van der Waals surface area contributed by atoms with Crippen LogP contribution in [-0.4, -0.2) is 54.3 Å². The third-order valence-electron chi connectivity index (χ3n) is 5.82. The van der Waals surface area contributed by atoms with Gasteiger partial charge in [0.15, 0.2) is 5.78 Å². The Hall–Kier alpha value is -3.42. The number of nitro benzene ring substituents is 1. The molecule has 0 unspecified atom stereocenters. The summed E-state index contributed by atoms with van der Waals surface area (Å²) in [6.07, 6.45) is 3.66. The molecule has 8 heteroatoms. The lowest BCUT2D eigenvalue weighted by Crippen LogP contribution is -2.48. The zero-order valence-corrected chi connectivity index (χ0v) is 19.1. The van der Waals surface area contributed by atoms with Crippen molar-refractivity contribution in [2.45, 2.75) is 39.0 Å².